The predicted octanol–water partition coefficient (Wildman–Crippen LogP) is 0.635. The first-order valence-electron chi connectivity index (χ1n) is 8.18. The number of aliphatic hydroxyl groups excluding tert-OH is 1. The predicted molar refractivity (Wildman–Crippen MR) is 82.2 cm³/mol. The number of amides is 2. The maximum absolute atomic E-state index is 12.6. The minimum atomic E-state index is -0.688. The molecule has 126 valence electrons. The highest BCUT2D eigenvalue weighted by atomic mass is 16.5. The lowest BCUT2D eigenvalue weighted by atomic mass is 9.90. The second-order valence-electron chi connectivity index (χ2n) is 6.61. The SMILES string of the molecule is COCC1CCN(C(=O)CC2(CO)CCCN2C(C)=O)CC1. The van der Waals surface area contributed by atoms with Crippen molar-refractivity contribution in [3.63, 3.8) is 0 Å². The van der Waals surface area contributed by atoms with Crippen LogP contribution in [0.15, 0.2) is 0 Å². The Morgan fingerprint density at radius 1 is 1.27 bits per heavy atom. The zero-order valence-corrected chi connectivity index (χ0v) is 13.7. The smallest absolute Gasteiger partial charge is 0.225 e. The number of hydrogen-bond acceptors (Lipinski definition) is 4. The zero-order valence-electron chi connectivity index (χ0n) is 13.7. The van der Waals surface area contributed by atoms with Crippen molar-refractivity contribution >= 4 is 11.8 Å². The van der Waals surface area contributed by atoms with Crippen LogP contribution in [0.1, 0.15) is 39.0 Å². The van der Waals surface area contributed by atoms with Crippen LogP contribution >= 0.6 is 0 Å². The van der Waals surface area contributed by atoms with Crippen molar-refractivity contribution in [2.45, 2.75) is 44.6 Å². The molecule has 1 unspecified atom stereocenters. The van der Waals surface area contributed by atoms with Crippen molar-refractivity contribution in [3.05, 3.63) is 0 Å². The summed E-state index contributed by atoms with van der Waals surface area (Å²) in [6, 6.07) is 0. The average Bonchev–Trinajstić information content (AvgIpc) is 2.92. The molecule has 0 aliphatic carbocycles. The van der Waals surface area contributed by atoms with Crippen LogP contribution in [0, 0.1) is 5.92 Å². The molecular formula is C16H28N2O4. The number of rotatable bonds is 5. The molecular weight excluding hydrogens is 284 g/mol. The molecule has 0 spiro atoms. The van der Waals surface area contributed by atoms with Crippen molar-refractivity contribution in [1.29, 1.82) is 0 Å². The van der Waals surface area contributed by atoms with Gasteiger partial charge in [-0.25, -0.2) is 0 Å². The van der Waals surface area contributed by atoms with E-state index in [1.807, 2.05) is 4.90 Å². The Morgan fingerprint density at radius 2 is 1.95 bits per heavy atom. The Kier molecular flexibility index (Phi) is 5.81. The van der Waals surface area contributed by atoms with E-state index in [0.717, 1.165) is 39.0 Å². The maximum atomic E-state index is 12.6. The third kappa shape index (κ3) is 3.60. The lowest BCUT2D eigenvalue weighted by molar-refractivity contribution is -0.141. The van der Waals surface area contributed by atoms with Crippen LogP contribution < -0.4 is 0 Å². The van der Waals surface area contributed by atoms with Gasteiger partial charge < -0.3 is 19.6 Å². The number of nitrogens with zero attached hydrogens (tertiary/aromatic N) is 2. The monoisotopic (exact) mass is 312 g/mol. The zero-order chi connectivity index (χ0) is 16.2. The standard InChI is InChI=1S/C16H28N2O4/c1-13(20)18-7-3-6-16(18,12-19)10-15(21)17-8-4-14(5-9-17)11-22-2/h14,19H,3-12H2,1-2H3. The molecule has 2 amide bonds. The van der Waals surface area contributed by atoms with Crippen LogP contribution in [0.4, 0.5) is 0 Å². The van der Waals surface area contributed by atoms with Gasteiger partial charge in [-0.2, -0.15) is 0 Å². The molecule has 0 saturated carbocycles. The van der Waals surface area contributed by atoms with Crippen molar-refractivity contribution in [2.24, 2.45) is 5.92 Å². The van der Waals surface area contributed by atoms with E-state index < -0.39 is 5.54 Å². The second-order valence-corrected chi connectivity index (χ2v) is 6.61. The van der Waals surface area contributed by atoms with Gasteiger partial charge in [0.2, 0.25) is 11.8 Å². The number of hydrogen-bond donors (Lipinski definition) is 1. The lowest BCUT2D eigenvalue weighted by Crippen LogP contribution is -2.53. The summed E-state index contributed by atoms with van der Waals surface area (Å²) in [4.78, 5) is 27.9. The van der Waals surface area contributed by atoms with E-state index >= 15 is 0 Å². The van der Waals surface area contributed by atoms with Crippen LogP contribution in [0.5, 0.6) is 0 Å². The van der Waals surface area contributed by atoms with Crippen LogP contribution in [0.2, 0.25) is 0 Å². The van der Waals surface area contributed by atoms with Gasteiger partial charge in [0.05, 0.1) is 18.6 Å². The summed E-state index contributed by atoms with van der Waals surface area (Å²) < 4.78 is 5.18. The molecule has 2 saturated heterocycles. The third-order valence-electron chi connectivity index (χ3n) is 5.12. The maximum Gasteiger partial charge on any atom is 0.225 e. The number of likely N-dealkylation sites (tertiary alicyclic amines) is 2. The molecule has 0 aromatic rings. The number of aliphatic hydroxyl groups is 1. The first kappa shape index (κ1) is 17.2. The molecule has 6 nitrogen and oxygen atoms in total. The normalized spacial score (nSPS) is 26.5. The van der Waals surface area contributed by atoms with Crippen LogP contribution in [-0.2, 0) is 14.3 Å². The van der Waals surface area contributed by atoms with Crippen LogP contribution in [0.25, 0.3) is 0 Å². The molecule has 0 aromatic carbocycles. The minimum Gasteiger partial charge on any atom is -0.394 e. The van der Waals surface area contributed by atoms with Gasteiger partial charge in [-0.3, -0.25) is 9.59 Å². The van der Waals surface area contributed by atoms with Gasteiger partial charge in [0.1, 0.15) is 0 Å². The second kappa shape index (κ2) is 7.42. The molecule has 0 radical (unpaired) electrons. The molecule has 2 aliphatic rings. The van der Waals surface area contributed by atoms with Gasteiger partial charge in [-0.05, 0) is 31.6 Å². The minimum absolute atomic E-state index is 0.0538. The summed E-state index contributed by atoms with van der Waals surface area (Å²) in [5, 5.41) is 9.81. The number of carbonyl (C=O) groups is 2. The van der Waals surface area contributed by atoms with Gasteiger partial charge >= 0.3 is 0 Å². The van der Waals surface area contributed by atoms with E-state index in [2.05, 4.69) is 0 Å². The molecule has 0 bridgehead atoms. The first-order valence-corrected chi connectivity index (χ1v) is 8.18. The van der Waals surface area contributed by atoms with E-state index in [1.165, 1.54) is 6.92 Å². The van der Waals surface area contributed by atoms with E-state index in [1.54, 1.807) is 12.0 Å². The third-order valence-corrected chi connectivity index (χ3v) is 5.12. The van der Waals surface area contributed by atoms with Gasteiger partial charge in [0.25, 0.3) is 0 Å². The highest BCUT2D eigenvalue weighted by Gasteiger charge is 2.44. The van der Waals surface area contributed by atoms with Crippen molar-refractivity contribution in [1.82, 2.24) is 9.80 Å². The fraction of sp³-hybridized carbons (Fsp3) is 0.875. The molecule has 2 fully saturated rings. The summed E-state index contributed by atoms with van der Waals surface area (Å²) in [7, 11) is 1.71. The molecule has 0 aromatic heterocycles. The molecule has 6 heteroatoms. The summed E-state index contributed by atoms with van der Waals surface area (Å²) in [5.74, 6) is 0.525. The van der Waals surface area contributed by atoms with Gasteiger partial charge in [0.15, 0.2) is 0 Å². The highest BCUT2D eigenvalue weighted by molar-refractivity contribution is 5.80. The van der Waals surface area contributed by atoms with Crippen molar-refractivity contribution in [3.8, 4) is 0 Å². The fourth-order valence-electron chi connectivity index (χ4n) is 3.81. The molecule has 1 atom stereocenters. The van der Waals surface area contributed by atoms with E-state index in [0.29, 0.717) is 18.9 Å². The summed E-state index contributed by atoms with van der Waals surface area (Å²) >= 11 is 0. The Bertz CT molecular complexity index is 407. The average molecular weight is 312 g/mol. The highest BCUT2D eigenvalue weighted by Crippen LogP contribution is 2.33. The number of carbonyl (C=O) groups excluding carboxylic acids is 2. The number of methoxy groups -OCH3 is 1. The molecule has 2 aliphatic heterocycles. The number of piperidine rings is 1. The Morgan fingerprint density at radius 3 is 2.50 bits per heavy atom. The Balaban J connectivity index is 1.94. The van der Waals surface area contributed by atoms with Gasteiger partial charge in [-0.15, -0.1) is 0 Å². The first-order chi connectivity index (χ1) is 10.5. The summed E-state index contributed by atoms with van der Waals surface area (Å²) in [6.45, 7) is 4.25. The fourth-order valence-corrected chi connectivity index (χ4v) is 3.81. The van der Waals surface area contributed by atoms with Crippen molar-refractivity contribution in [2.75, 3.05) is 40.0 Å². The van der Waals surface area contributed by atoms with E-state index in [9.17, 15) is 14.7 Å². The lowest BCUT2D eigenvalue weighted by Gasteiger charge is -2.39. The Hall–Kier alpha value is -1.14. The molecule has 1 N–H and O–H groups in total. The van der Waals surface area contributed by atoms with E-state index in [4.69, 9.17) is 4.74 Å². The van der Waals surface area contributed by atoms with Crippen LogP contribution in [-0.4, -0.2) is 72.2 Å². The molecule has 22 heavy (non-hydrogen) atoms. The van der Waals surface area contributed by atoms with Crippen LogP contribution in [0.3, 0.4) is 0 Å². The number of ether oxygens (including phenoxy) is 1. The van der Waals surface area contributed by atoms with E-state index in [-0.39, 0.29) is 24.8 Å². The summed E-state index contributed by atoms with van der Waals surface area (Å²) in [6.07, 6.45) is 3.71. The Labute approximate surface area is 132 Å². The van der Waals surface area contributed by atoms with Gasteiger partial charge in [-0.1, -0.05) is 0 Å². The van der Waals surface area contributed by atoms with Crippen molar-refractivity contribution < 1.29 is 19.4 Å². The quantitative estimate of drug-likeness (QED) is 0.808. The summed E-state index contributed by atoms with van der Waals surface area (Å²) in [5.41, 5.74) is -0.688. The topological polar surface area (TPSA) is 70.1 Å². The van der Waals surface area contributed by atoms with Gasteiger partial charge in [0, 0.05) is 40.3 Å². The molecule has 2 rings (SSSR count). The molecule has 2 heterocycles. The largest absolute Gasteiger partial charge is 0.394 e.